The molecule has 10 heteroatoms. The van der Waals surface area contributed by atoms with Crippen molar-refractivity contribution < 1.29 is 26.4 Å². The van der Waals surface area contributed by atoms with Crippen LogP contribution < -0.4 is 9.04 Å². The molecule has 0 unspecified atom stereocenters. The number of methoxy groups -OCH3 is 1. The fourth-order valence-electron chi connectivity index (χ4n) is 4.67. The van der Waals surface area contributed by atoms with E-state index in [2.05, 4.69) is 0 Å². The van der Waals surface area contributed by atoms with Gasteiger partial charge in [-0.1, -0.05) is 32.0 Å². The molecular weight excluding hydrogens is 476 g/mol. The minimum absolute atomic E-state index is 0.00288. The number of ether oxygens (including phenoxy) is 1. The Labute approximate surface area is 201 Å². The summed E-state index contributed by atoms with van der Waals surface area (Å²) in [5.41, 5.74) is 1.71. The molecule has 8 nitrogen and oxygen atoms in total. The summed E-state index contributed by atoms with van der Waals surface area (Å²) >= 11 is 0. The number of carbonyl (C=O) groups excluding carboxylic acids is 1. The van der Waals surface area contributed by atoms with Gasteiger partial charge < -0.3 is 9.64 Å². The molecule has 2 aromatic rings. The third-order valence-corrected chi connectivity index (χ3v) is 9.87. The Hall–Kier alpha value is -2.59. The second-order valence-corrected chi connectivity index (χ2v) is 13.3. The summed E-state index contributed by atoms with van der Waals surface area (Å²) in [6, 6.07) is 11.2. The van der Waals surface area contributed by atoms with E-state index in [9.17, 15) is 21.6 Å². The van der Waals surface area contributed by atoms with Crippen LogP contribution in [-0.4, -0.2) is 65.4 Å². The third kappa shape index (κ3) is 4.65. The van der Waals surface area contributed by atoms with Crippen LogP contribution in [0.4, 0.5) is 5.69 Å². The molecule has 0 bridgehead atoms. The van der Waals surface area contributed by atoms with Crippen molar-refractivity contribution in [1.82, 2.24) is 4.90 Å². The number of amides is 1. The van der Waals surface area contributed by atoms with Crippen LogP contribution in [0.25, 0.3) is 0 Å². The molecule has 2 aliphatic rings. The van der Waals surface area contributed by atoms with Crippen LogP contribution in [0, 0.1) is 5.92 Å². The molecule has 4 rings (SSSR count). The zero-order valence-corrected chi connectivity index (χ0v) is 21.2. The van der Waals surface area contributed by atoms with E-state index >= 15 is 0 Å². The van der Waals surface area contributed by atoms with Gasteiger partial charge in [-0.3, -0.25) is 9.10 Å². The first-order chi connectivity index (χ1) is 16.0. The predicted molar refractivity (Wildman–Crippen MR) is 131 cm³/mol. The van der Waals surface area contributed by atoms with Gasteiger partial charge >= 0.3 is 0 Å². The van der Waals surface area contributed by atoms with Crippen LogP contribution in [0.1, 0.15) is 36.2 Å². The molecule has 0 aliphatic carbocycles. The smallest absolute Gasteiger partial charge is 0.264 e. The van der Waals surface area contributed by atoms with Gasteiger partial charge in [-0.2, -0.15) is 0 Å². The second kappa shape index (κ2) is 9.22. The molecule has 2 aliphatic heterocycles. The van der Waals surface area contributed by atoms with Crippen LogP contribution >= 0.6 is 0 Å². The number of rotatable bonds is 7. The monoisotopic (exact) mass is 506 g/mol. The van der Waals surface area contributed by atoms with E-state index in [0.717, 1.165) is 5.56 Å². The van der Waals surface area contributed by atoms with Crippen molar-refractivity contribution in [2.24, 2.45) is 5.92 Å². The first-order valence-electron chi connectivity index (χ1n) is 11.3. The molecule has 1 fully saturated rings. The lowest BCUT2D eigenvalue weighted by molar-refractivity contribution is 0.0668. The SMILES string of the molecule is COc1ccc(S(=O)(=O)N2CCc3ccccc32)cc1C(=O)N(CC(C)C)[C@@H]1CCS(=O)(=O)C1. The molecule has 1 amide bonds. The molecule has 34 heavy (non-hydrogen) atoms. The Morgan fingerprint density at radius 3 is 2.59 bits per heavy atom. The van der Waals surface area contributed by atoms with Crippen molar-refractivity contribution in [1.29, 1.82) is 0 Å². The van der Waals surface area contributed by atoms with E-state index < -0.39 is 31.8 Å². The fraction of sp³-hybridized carbons (Fsp3) is 0.458. The number of carbonyl (C=O) groups is 1. The average Bonchev–Trinajstić information content (AvgIpc) is 3.39. The number of hydrogen-bond donors (Lipinski definition) is 0. The second-order valence-electron chi connectivity index (χ2n) is 9.23. The van der Waals surface area contributed by atoms with E-state index in [-0.39, 0.29) is 33.6 Å². The van der Waals surface area contributed by atoms with Crippen LogP contribution in [0.2, 0.25) is 0 Å². The van der Waals surface area contributed by atoms with Crippen LogP contribution in [0.3, 0.4) is 0 Å². The lowest BCUT2D eigenvalue weighted by Crippen LogP contribution is -2.43. The standard InChI is InChI=1S/C24H30N2O6S2/c1-17(2)15-25(19-11-13-33(28,29)16-19)24(27)21-14-20(8-9-23(21)32-3)34(30,31)26-12-10-18-6-4-5-7-22(18)26/h4-9,14,17,19H,10-13,15-16H2,1-3H3/t19-/m1/s1. The zero-order chi connectivity index (χ0) is 24.7. The van der Waals surface area contributed by atoms with Gasteiger partial charge in [0.15, 0.2) is 9.84 Å². The maximum atomic E-state index is 13.7. The van der Waals surface area contributed by atoms with Gasteiger partial charge in [0.05, 0.1) is 34.8 Å². The Kier molecular flexibility index (Phi) is 6.65. The lowest BCUT2D eigenvalue weighted by atomic mass is 10.1. The van der Waals surface area contributed by atoms with Gasteiger partial charge in [0.1, 0.15) is 5.75 Å². The lowest BCUT2D eigenvalue weighted by Gasteiger charge is -2.30. The fourth-order valence-corrected chi connectivity index (χ4v) is 7.93. The quantitative estimate of drug-likeness (QED) is 0.572. The van der Waals surface area contributed by atoms with Crippen molar-refractivity contribution in [2.75, 3.05) is 36.0 Å². The molecular formula is C24H30N2O6S2. The van der Waals surface area contributed by atoms with Crippen LogP contribution in [0.15, 0.2) is 47.4 Å². The highest BCUT2D eigenvalue weighted by Gasteiger charge is 2.37. The molecule has 0 N–H and O–H groups in total. The van der Waals surface area contributed by atoms with Crippen molar-refractivity contribution in [2.45, 2.75) is 37.6 Å². The molecule has 0 aromatic heterocycles. The third-order valence-electron chi connectivity index (χ3n) is 6.31. The van der Waals surface area contributed by atoms with Crippen LogP contribution in [0.5, 0.6) is 5.75 Å². The maximum Gasteiger partial charge on any atom is 0.264 e. The van der Waals surface area contributed by atoms with E-state index in [1.54, 1.807) is 17.0 Å². The summed E-state index contributed by atoms with van der Waals surface area (Å²) in [6.45, 7) is 4.59. The molecule has 184 valence electrons. The summed E-state index contributed by atoms with van der Waals surface area (Å²) < 4.78 is 58.1. The Bertz CT molecular complexity index is 1300. The highest BCUT2D eigenvalue weighted by atomic mass is 32.2. The van der Waals surface area contributed by atoms with Gasteiger partial charge in [-0.15, -0.1) is 0 Å². The molecule has 0 spiro atoms. The number of nitrogens with zero attached hydrogens (tertiary/aromatic N) is 2. The topological polar surface area (TPSA) is 101 Å². The highest BCUT2D eigenvalue weighted by Crippen LogP contribution is 2.34. The molecule has 0 radical (unpaired) electrons. The highest BCUT2D eigenvalue weighted by molar-refractivity contribution is 7.93. The van der Waals surface area contributed by atoms with Crippen molar-refractivity contribution in [3.8, 4) is 5.75 Å². The molecule has 0 saturated carbocycles. The zero-order valence-electron chi connectivity index (χ0n) is 19.6. The summed E-state index contributed by atoms with van der Waals surface area (Å²) in [7, 11) is -5.69. The number of anilines is 1. The predicted octanol–water partition coefficient (Wildman–Crippen LogP) is 2.73. The van der Waals surface area contributed by atoms with E-state index in [1.807, 2.05) is 26.0 Å². The first kappa shape index (κ1) is 24.5. The summed E-state index contributed by atoms with van der Waals surface area (Å²) in [4.78, 5) is 15.3. The van der Waals surface area contributed by atoms with Gasteiger partial charge in [-0.25, -0.2) is 16.8 Å². The number of para-hydroxylation sites is 1. The largest absolute Gasteiger partial charge is 0.496 e. The van der Waals surface area contributed by atoms with E-state index in [0.29, 0.717) is 31.6 Å². The first-order valence-corrected chi connectivity index (χ1v) is 14.6. The number of sulfone groups is 1. The van der Waals surface area contributed by atoms with Crippen molar-refractivity contribution in [3.05, 3.63) is 53.6 Å². The van der Waals surface area contributed by atoms with Gasteiger partial charge in [-0.05, 0) is 48.6 Å². The Balaban J connectivity index is 1.73. The number of fused-ring (bicyclic) bond motifs is 1. The van der Waals surface area contributed by atoms with Gasteiger partial charge in [0.25, 0.3) is 15.9 Å². The molecule has 1 atom stereocenters. The minimum atomic E-state index is -3.91. The summed E-state index contributed by atoms with van der Waals surface area (Å²) in [5.74, 6) is -0.117. The van der Waals surface area contributed by atoms with Gasteiger partial charge in [0.2, 0.25) is 0 Å². The summed E-state index contributed by atoms with van der Waals surface area (Å²) in [5, 5.41) is 0. The maximum absolute atomic E-state index is 13.7. The summed E-state index contributed by atoms with van der Waals surface area (Å²) in [6.07, 6.45) is 0.987. The number of hydrogen-bond acceptors (Lipinski definition) is 6. The molecule has 2 heterocycles. The Morgan fingerprint density at radius 1 is 1.21 bits per heavy atom. The average molecular weight is 507 g/mol. The number of benzene rings is 2. The Morgan fingerprint density at radius 2 is 1.94 bits per heavy atom. The van der Waals surface area contributed by atoms with E-state index in [4.69, 9.17) is 4.74 Å². The van der Waals surface area contributed by atoms with Crippen LogP contribution in [-0.2, 0) is 26.3 Å². The van der Waals surface area contributed by atoms with Gasteiger partial charge in [0, 0.05) is 19.1 Å². The number of sulfonamides is 1. The molecule has 1 saturated heterocycles. The minimum Gasteiger partial charge on any atom is -0.496 e. The van der Waals surface area contributed by atoms with Crippen molar-refractivity contribution in [3.63, 3.8) is 0 Å². The van der Waals surface area contributed by atoms with E-state index in [1.165, 1.54) is 29.6 Å². The van der Waals surface area contributed by atoms with Crippen molar-refractivity contribution >= 4 is 31.5 Å². The molecule has 2 aromatic carbocycles. The normalized spacial score (nSPS) is 19.3.